The molecule has 1 unspecified atom stereocenters. The van der Waals surface area contributed by atoms with Gasteiger partial charge in [-0.05, 0) is 44.2 Å². The lowest BCUT2D eigenvalue weighted by atomic mass is 10.2. The highest BCUT2D eigenvalue weighted by atomic mass is 32.1. The zero-order valence-corrected chi connectivity index (χ0v) is 11.3. The Morgan fingerprint density at radius 2 is 2.18 bits per heavy atom. The van der Waals surface area contributed by atoms with Crippen molar-refractivity contribution in [3.8, 4) is 0 Å². The molecule has 0 radical (unpaired) electrons. The van der Waals surface area contributed by atoms with Crippen molar-refractivity contribution < 1.29 is 4.79 Å². The minimum absolute atomic E-state index is 0.0455. The molecule has 1 aliphatic rings. The van der Waals surface area contributed by atoms with E-state index >= 15 is 0 Å². The van der Waals surface area contributed by atoms with Crippen LogP contribution in [0.1, 0.15) is 36.4 Å². The molecule has 0 bridgehead atoms. The highest BCUT2D eigenvalue weighted by Crippen LogP contribution is 2.32. The largest absolute Gasteiger partial charge is 0.335 e. The summed E-state index contributed by atoms with van der Waals surface area (Å²) in [6, 6.07) is 4.49. The van der Waals surface area contributed by atoms with E-state index in [1.807, 2.05) is 0 Å². The molecule has 2 amide bonds. The molecule has 3 nitrogen and oxygen atoms in total. The van der Waals surface area contributed by atoms with Gasteiger partial charge in [0.15, 0.2) is 0 Å². The lowest BCUT2D eigenvalue weighted by Crippen LogP contribution is -2.41. The van der Waals surface area contributed by atoms with Crippen LogP contribution in [0.5, 0.6) is 0 Å². The summed E-state index contributed by atoms with van der Waals surface area (Å²) in [6.45, 7) is 4.86. The molecular weight excluding hydrogens is 232 g/mol. The smallest absolute Gasteiger partial charge is 0.315 e. The van der Waals surface area contributed by atoms with E-state index in [4.69, 9.17) is 0 Å². The first-order valence-corrected chi connectivity index (χ1v) is 7.12. The molecule has 2 rings (SSSR count). The number of thiophene rings is 1. The Kier molecular flexibility index (Phi) is 4.05. The summed E-state index contributed by atoms with van der Waals surface area (Å²) in [5, 5.41) is 5.90. The summed E-state index contributed by atoms with van der Waals surface area (Å²) >= 11 is 1.77. The van der Waals surface area contributed by atoms with Gasteiger partial charge in [-0.1, -0.05) is 6.92 Å². The molecule has 1 saturated carbocycles. The van der Waals surface area contributed by atoms with E-state index < -0.39 is 0 Å². The third-order valence-electron chi connectivity index (χ3n) is 3.18. The third kappa shape index (κ3) is 3.73. The van der Waals surface area contributed by atoms with Gasteiger partial charge in [-0.3, -0.25) is 0 Å². The second-order valence-corrected chi connectivity index (χ2v) is 5.93. The molecule has 1 atom stereocenters. The van der Waals surface area contributed by atoms with Gasteiger partial charge < -0.3 is 10.6 Å². The Labute approximate surface area is 107 Å². The van der Waals surface area contributed by atoms with Crippen molar-refractivity contribution in [2.75, 3.05) is 0 Å². The van der Waals surface area contributed by atoms with Gasteiger partial charge in [0, 0.05) is 15.8 Å². The molecule has 0 spiro atoms. The maximum Gasteiger partial charge on any atom is 0.315 e. The van der Waals surface area contributed by atoms with Crippen LogP contribution >= 0.6 is 11.3 Å². The molecule has 94 valence electrons. The molecular formula is C13H20N2OS. The third-order valence-corrected chi connectivity index (χ3v) is 4.41. The van der Waals surface area contributed by atoms with E-state index in [0.29, 0.717) is 18.5 Å². The predicted molar refractivity (Wildman–Crippen MR) is 71.3 cm³/mol. The van der Waals surface area contributed by atoms with E-state index in [1.165, 1.54) is 22.6 Å². The molecule has 0 aromatic carbocycles. The average molecular weight is 252 g/mol. The molecule has 1 fully saturated rings. The monoisotopic (exact) mass is 252 g/mol. The fraction of sp³-hybridized carbons (Fsp3) is 0.615. The van der Waals surface area contributed by atoms with Crippen molar-refractivity contribution in [3.63, 3.8) is 0 Å². The number of hydrogen-bond donors (Lipinski definition) is 2. The average Bonchev–Trinajstić information content (AvgIpc) is 3.06. The summed E-state index contributed by atoms with van der Waals surface area (Å²) < 4.78 is 0. The van der Waals surface area contributed by atoms with Crippen LogP contribution in [0, 0.1) is 5.92 Å². The number of aryl methyl sites for hydroxylation is 1. The number of carbonyl (C=O) groups is 1. The predicted octanol–water partition coefficient (Wildman–Crippen LogP) is 2.91. The number of rotatable bonds is 5. The molecule has 1 aromatic rings. The highest BCUT2D eigenvalue weighted by molar-refractivity contribution is 7.11. The first kappa shape index (κ1) is 12.4. The Hall–Kier alpha value is -1.03. The van der Waals surface area contributed by atoms with Gasteiger partial charge in [0.05, 0.1) is 6.54 Å². The second kappa shape index (κ2) is 5.54. The van der Waals surface area contributed by atoms with Crippen LogP contribution in [0.25, 0.3) is 0 Å². The van der Waals surface area contributed by atoms with Gasteiger partial charge in [-0.25, -0.2) is 4.79 Å². The number of amides is 2. The van der Waals surface area contributed by atoms with Gasteiger partial charge in [0.25, 0.3) is 0 Å². The first-order chi connectivity index (χ1) is 8.19. The Balaban J connectivity index is 1.71. The first-order valence-electron chi connectivity index (χ1n) is 6.31. The fourth-order valence-corrected chi connectivity index (χ4v) is 2.74. The van der Waals surface area contributed by atoms with Crippen molar-refractivity contribution in [1.82, 2.24) is 10.6 Å². The van der Waals surface area contributed by atoms with Crippen molar-refractivity contribution in [3.05, 3.63) is 21.9 Å². The van der Waals surface area contributed by atoms with E-state index in [-0.39, 0.29) is 6.03 Å². The number of carbonyl (C=O) groups excluding carboxylic acids is 1. The number of nitrogens with one attached hydrogen (secondary N) is 2. The van der Waals surface area contributed by atoms with E-state index in [0.717, 1.165) is 6.42 Å². The standard InChI is InChI=1S/C13H20N2OS/c1-3-11-6-7-12(17-11)8-14-13(16)15-9(2)10-4-5-10/h6-7,9-10H,3-5,8H2,1-2H3,(H2,14,15,16). The van der Waals surface area contributed by atoms with E-state index in [1.54, 1.807) is 11.3 Å². The summed E-state index contributed by atoms with van der Waals surface area (Å²) in [5.74, 6) is 0.703. The summed E-state index contributed by atoms with van der Waals surface area (Å²) in [6.07, 6.45) is 3.58. The van der Waals surface area contributed by atoms with Crippen LogP contribution in [0.4, 0.5) is 4.79 Å². The summed E-state index contributed by atoms with van der Waals surface area (Å²) in [5.41, 5.74) is 0. The normalized spacial score (nSPS) is 16.6. The Morgan fingerprint density at radius 1 is 1.47 bits per heavy atom. The van der Waals surface area contributed by atoms with Crippen molar-refractivity contribution in [1.29, 1.82) is 0 Å². The topological polar surface area (TPSA) is 41.1 Å². The molecule has 2 N–H and O–H groups in total. The maximum absolute atomic E-state index is 11.6. The summed E-state index contributed by atoms with van der Waals surface area (Å²) in [7, 11) is 0. The van der Waals surface area contributed by atoms with Gasteiger partial charge in [0.2, 0.25) is 0 Å². The fourth-order valence-electron chi connectivity index (χ4n) is 1.85. The quantitative estimate of drug-likeness (QED) is 0.831. The molecule has 4 heteroatoms. The van der Waals surface area contributed by atoms with Gasteiger partial charge >= 0.3 is 6.03 Å². The van der Waals surface area contributed by atoms with Crippen LogP contribution in [0.2, 0.25) is 0 Å². The molecule has 0 saturated heterocycles. The van der Waals surface area contributed by atoms with Crippen LogP contribution in [0.15, 0.2) is 12.1 Å². The van der Waals surface area contributed by atoms with Crippen LogP contribution in [-0.2, 0) is 13.0 Å². The van der Waals surface area contributed by atoms with Crippen molar-refractivity contribution in [2.24, 2.45) is 5.92 Å². The van der Waals surface area contributed by atoms with Gasteiger partial charge in [-0.15, -0.1) is 11.3 Å². The minimum atomic E-state index is -0.0455. The van der Waals surface area contributed by atoms with Gasteiger partial charge in [-0.2, -0.15) is 0 Å². The number of hydrogen-bond acceptors (Lipinski definition) is 2. The zero-order valence-electron chi connectivity index (χ0n) is 10.5. The molecule has 1 aromatic heterocycles. The second-order valence-electron chi connectivity index (χ2n) is 4.67. The molecule has 1 aliphatic carbocycles. The van der Waals surface area contributed by atoms with E-state index in [2.05, 4.69) is 36.6 Å². The lowest BCUT2D eigenvalue weighted by molar-refractivity contribution is 0.236. The van der Waals surface area contributed by atoms with E-state index in [9.17, 15) is 4.79 Å². The SMILES string of the molecule is CCc1ccc(CNC(=O)NC(C)C2CC2)s1. The highest BCUT2D eigenvalue weighted by Gasteiger charge is 2.28. The molecule has 17 heavy (non-hydrogen) atoms. The Morgan fingerprint density at radius 3 is 2.76 bits per heavy atom. The van der Waals surface area contributed by atoms with Crippen LogP contribution in [-0.4, -0.2) is 12.1 Å². The summed E-state index contributed by atoms with van der Waals surface area (Å²) in [4.78, 5) is 14.2. The van der Waals surface area contributed by atoms with Crippen molar-refractivity contribution >= 4 is 17.4 Å². The zero-order chi connectivity index (χ0) is 12.3. The molecule has 0 aliphatic heterocycles. The number of urea groups is 1. The van der Waals surface area contributed by atoms with Gasteiger partial charge in [0.1, 0.15) is 0 Å². The lowest BCUT2D eigenvalue weighted by Gasteiger charge is -2.13. The Bertz CT molecular complexity index is 385. The van der Waals surface area contributed by atoms with Crippen LogP contribution < -0.4 is 10.6 Å². The maximum atomic E-state index is 11.6. The molecule has 1 heterocycles. The van der Waals surface area contributed by atoms with Crippen LogP contribution in [0.3, 0.4) is 0 Å². The minimum Gasteiger partial charge on any atom is -0.335 e. The van der Waals surface area contributed by atoms with Crippen molar-refractivity contribution in [2.45, 2.75) is 45.7 Å².